The number of carbonyl (C=O) groups excluding carboxylic acids is 1. The summed E-state index contributed by atoms with van der Waals surface area (Å²) in [4.78, 5) is 15.0. The van der Waals surface area contributed by atoms with E-state index < -0.39 is 0 Å². The van der Waals surface area contributed by atoms with Crippen molar-refractivity contribution in [1.82, 2.24) is 10.2 Å². The SMILES string of the molecule is O=C(Nc1cccc(-c2nnco2)c1)c1ccccc1N1CCOCC1. The molecule has 2 aromatic carbocycles. The molecule has 7 heteroatoms. The van der Waals surface area contributed by atoms with E-state index in [-0.39, 0.29) is 5.91 Å². The lowest BCUT2D eigenvalue weighted by molar-refractivity contribution is 0.102. The van der Waals surface area contributed by atoms with Gasteiger partial charge in [-0.1, -0.05) is 18.2 Å². The van der Waals surface area contributed by atoms with Crippen LogP contribution < -0.4 is 10.2 Å². The second-order valence-corrected chi connectivity index (χ2v) is 5.90. The number of carbonyl (C=O) groups is 1. The van der Waals surface area contributed by atoms with E-state index >= 15 is 0 Å². The first-order valence-electron chi connectivity index (χ1n) is 8.41. The molecule has 1 amide bonds. The van der Waals surface area contributed by atoms with Crippen molar-refractivity contribution in [3.05, 3.63) is 60.5 Å². The predicted octanol–water partition coefficient (Wildman–Crippen LogP) is 2.83. The fraction of sp³-hybridized carbons (Fsp3) is 0.211. The monoisotopic (exact) mass is 350 g/mol. The van der Waals surface area contributed by atoms with Crippen LogP contribution in [0.1, 0.15) is 10.4 Å². The Morgan fingerprint density at radius 3 is 2.73 bits per heavy atom. The molecule has 1 N–H and O–H groups in total. The van der Waals surface area contributed by atoms with Crippen LogP contribution in [0.15, 0.2) is 59.3 Å². The lowest BCUT2D eigenvalue weighted by Crippen LogP contribution is -2.37. The van der Waals surface area contributed by atoms with Gasteiger partial charge < -0.3 is 19.4 Å². The molecule has 132 valence electrons. The molecule has 0 unspecified atom stereocenters. The molecule has 1 aromatic heterocycles. The van der Waals surface area contributed by atoms with Gasteiger partial charge in [-0.25, -0.2) is 0 Å². The second kappa shape index (κ2) is 7.37. The van der Waals surface area contributed by atoms with Crippen LogP contribution in [-0.2, 0) is 4.74 Å². The summed E-state index contributed by atoms with van der Waals surface area (Å²) in [5.41, 5.74) is 2.98. The summed E-state index contributed by atoms with van der Waals surface area (Å²) < 4.78 is 10.6. The fourth-order valence-electron chi connectivity index (χ4n) is 2.97. The molecular formula is C19H18N4O3. The maximum atomic E-state index is 12.9. The van der Waals surface area contributed by atoms with Crippen molar-refractivity contribution in [2.24, 2.45) is 0 Å². The lowest BCUT2D eigenvalue weighted by atomic mass is 10.1. The molecule has 0 spiro atoms. The van der Waals surface area contributed by atoms with Crippen LogP contribution in [0.2, 0.25) is 0 Å². The molecule has 7 nitrogen and oxygen atoms in total. The molecule has 4 rings (SSSR count). The normalized spacial score (nSPS) is 14.2. The summed E-state index contributed by atoms with van der Waals surface area (Å²) in [5.74, 6) is 0.254. The van der Waals surface area contributed by atoms with Crippen LogP contribution in [0, 0.1) is 0 Å². The van der Waals surface area contributed by atoms with Crippen LogP contribution in [0.4, 0.5) is 11.4 Å². The number of morpholine rings is 1. The highest BCUT2D eigenvalue weighted by Gasteiger charge is 2.18. The molecule has 1 saturated heterocycles. The minimum atomic E-state index is -0.158. The third kappa shape index (κ3) is 3.43. The first-order valence-corrected chi connectivity index (χ1v) is 8.41. The van der Waals surface area contributed by atoms with E-state index in [1.165, 1.54) is 6.39 Å². The Hall–Kier alpha value is -3.19. The van der Waals surface area contributed by atoms with Gasteiger partial charge >= 0.3 is 0 Å². The Morgan fingerprint density at radius 2 is 1.92 bits per heavy atom. The number of para-hydroxylation sites is 1. The van der Waals surface area contributed by atoms with Crippen LogP contribution in [0.25, 0.3) is 11.5 Å². The summed E-state index contributed by atoms with van der Waals surface area (Å²) in [6, 6.07) is 14.9. The van der Waals surface area contributed by atoms with Crippen molar-refractivity contribution in [2.45, 2.75) is 0 Å². The second-order valence-electron chi connectivity index (χ2n) is 5.90. The number of hydrogen-bond acceptors (Lipinski definition) is 6. The minimum Gasteiger partial charge on any atom is -0.423 e. The number of ether oxygens (including phenoxy) is 1. The van der Waals surface area contributed by atoms with Gasteiger partial charge in [-0.2, -0.15) is 0 Å². The van der Waals surface area contributed by atoms with Crippen LogP contribution in [0.3, 0.4) is 0 Å². The molecule has 3 aromatic rings. The zero-order valence-electron chi connectivity index (χ0n) is 14.1. The number of anilines is 2. The van der Waals surface area contributed by atoms with E-state index in [4.69, 9.17) is 9.15 Å². The molecule has 26 heavy (non-hydrogen) atoms. The van der Waals surface area contributed by atoms with Crippen LogP contribution in [-0.4, -0.2) is 42.4 Å². The molecular weight excluding hydrogens is 332 g/mol. The lowest BCUT2D eigenvalue weighted by Gasteiger charge is -2.30. The van der Waals surface area contributed by atoms with Gasteiger partial charge in [0.1, 0.15) is 0 Å². The van der Waals surface area contributed by atoms with Gasteiger partial charge in [0.05, 0.1) is 18.8 Å². The van der Waals surface area contributed by atoms with E-state index in [0.29, 0.717) is 30.4 Å². The van der Waals surface area contributed by atoms with Gasteiger partial charge in [-0.3, -0.25) is 4.79 Å². The largest absolute Gasteiger partial charge is 0.423 e. The predicted molar refractivity (Wildman–Crippen MR) is 97.2 cm³/mol. The minimum absolute atomic E-state index is 0.158. The highest BCUT2D eigenvalue weighted by atomic mass is 16.5. The number of nitrogens with one attached hydrogen (secondary N) is 1. The van der Waals surface area contributed by atoms with Gasteiger partial charge in [-0.05, 0) is 30.3 Å². The molecule has 1 aliphatic rings. The Kier molecular flexibility index (Phi) is 4.61. The molecule has 0 saturated carbocycles. The molecule has 0 aliphatic carbocycles. The standard InChI is InChI=1S/C19H18N4O3/c24-18(16-6-1-2-7-17(16)23-8-10-25-11-9-23)21-15-5-3-4-14(12-15)19-22-20-13-26-19/h1-7,12-13H,8-11H2,(H,21,24). The molecule has 0 atom stereocenters. The smallest absolute Gasteiger partial charge is 0.257 e. The number of amides is 1. The van der Waals surface area contributed by atoms with Crippen molar-refractivity contribution in [3.8, 4) is 11.5 Å². The van der Waals surface area contributed by atoms with E-state index in [9.17, 15) is 4.79 Å². The van der Waals surface area contributed by atoms with Crippen LogP contribution in [0.5, 0.6) is 0 Å². The molecule has 0 bridgehead atoms. The van der Waals surface area contributed by atoms with E-state index in [0.717, 1.165) is 24.3 Å². The summed E-state index contributed by atoms with van der Waals surface area (Å²) in [7, 11) is 0. The first-order chi connectivity index (χ1) is 12.8. The van der Waals surface area contributed by atoms with Crippen molar-refractivity contribution in [1.29, 1.82) is 0 Å². The average Bonchev–Trinajstić information content (AvgIpc) is 3.24. The molecule has 1 aliphatic heterocycles. The third-order valence-corrected chi connectivity index (χ3v) is 4.23. The van der Waals surface area contributed by atoms with Gasteiger partial charge in [0.25, 0.3) is 5.91 Å². The summed E-state index contributed by atoms with van der Waals surface area (Å²) in [5, 5.41) is 10.5. The number of rotatable bonds is 4. The molecule has 2 heterocycles. The maximum Gasteiger partial charge on any atom is 0.257 e. The van der Waals surface area contributed by atoms with Gasteiger partial charge in [0, 0.05) is 30.0 Å². The molecule has 0 radical (unpaired) electrons. The van der Waals surface area contributed by atoms with E-state index in [1.54, 1.807) is 0 Å². The Labute approximate surface area is 150 Å². The fourth-order valence-corrected chi connectivity index (χ4v) is 2.97. The number of aromatic nitrogens is 2. The van der Waals surface area contributed by atoms with E-state index in [2.05, 4.69) is 20.4 Å². The van der Waals surface area contributed by atoms with Crippen LogP contribution >= 0.6 is 0 Å². The molecule has 1 fully saturated rings. The highest BCUT2D eigenvalue weighted by Crippen LogP contribution is 2.24. The quantitative estimate of drug-likeness (QED) is 0.779. The zero-order chi connectivity index (χ0) is 17.8. The van der Waals surface area contributed by atoms with Gasteiger partial charge in [0.15, 0.2) is 0 Å². The zero-order valence-corrected chi connectivity index (χ0v) is 14.1. The first kappa shape index (κ1) is 16.3. The number of benzene rings is 2. The van der Waals surface area contributed by atoms with Gasteiger partial charge in [0.2, 0.25) is 12.3 Å². The summed E-state index contributed by atoms with van der Waals surface area (Å²) in [6.45, 7) is 2.89. The van der Waals surface area contributed by atoms with Crippen molar-refractivity contribution in [3.63, 3.8) is 0 Å². The van der Waals surface area contributed by atoms with Crippen molar-refractivity contribution in [2.75, 3.05) is 36.5 Å². The highest BCUT2D eigenvalue weighted by molar-refractivity contribution is 6.08. The Bertz CT molecular complexity index is 889. The van der Waals surface area contributed by atoms with Crippen molar-refractivity contribution >= 4 is 17.3 Å². The topological polar surface area (TPSA) is 80.5 Å². The number of nitrogens with zero attached hydrogens (tertiary/aromatic N) is 3. The summed E-state index contributed by atoms with van der Waals surface area (Å²) in [6.07, 6.45) is 1.28. The number of hydrogen-bond donors (Lipinski definition) is 1. The van der Waals surface area contributed by atoms with Crippen molar-refractivity contribution < 1.29 is 13.9 Å². The maximum absolute atomic E-state index is 12.9. The average molecular weight is 350 g/mol. The Morgan fingerprint density at radius 1 is 1.08 bits per heavy atom. The summed E-state index contributed by atoms with van der Waals surface area (Å²) >= 11 is 0. The third-order valence-electron chi connectivity index (χ3n) is 4.23. The van der Waals surface area contributed by atoms with Gasteiger partial charge in [-0.15, -0.1) is 10.2 Å². The van der Waals surface area contributed by atoms with E-state index in [1.807, 2.05) is 48.5 Å². The Balaban J connectivity index is 1.56.